The molecule has 7 heteroatoms. The number of ether oxygens (including phenoxy) is 2. The number of urea groups is 1. The number of carbonyl (C=O) groups is 3. The van der Waals surface area contributed by atoms with Crippen LogP contribution in [0.25, 0.3) is 0 Å². The average Bonchev–Trinajstić information content (AvgIpc) is 2.40. The standard InChI is InChI=1S/C15H26N2O5/c1-10(2)8-16-15(20)17-12(5)9-21-13(18)6-7-14(19)22-11(3)4/h6-7,10-12H,8-9H2,1-5H3,(H2,16,17,20)/b7-6+/t12-/m0/s1. The predicted molar refractivity (Wildman–Crippen MR) is 82.2 cm³/mol. The van der Waals surface area contributed by atoms with Gasteiger partial charge in [-0.2, -0.15) is 0 Å². The first-order chi connectivity index (χ1) is 10.2. The van der Waals surface area contributed by atoms with Crippen LogP contribution in [0.15, 0.2) is 12.2 Å². The van der Waals surface area contributed by atoms with Gasteiger partial charge in [0.15, 0.2) is 0 Å². The third-order valence-electron chi connectivity index (χ3n) is 2.23. The van der Waals surface area contributed by atoms with E-state index in [0.29, 0.717) is 12.5 Å². The summed E-state index contributed by atoms with van der Waals surface area (Å²) in [5, 5.41) is 5.33. The van der Waals surface area contributed by atoms with Gasteiger partial charge < -0.3 is 20.1 Å². The van der Waals surface area contributed by atoms with Crippen molar-refractivity contribution < 1.29 is 23.9 Å². The molecule has 0 fully saturated rings. The van der Waals surface area contributed by atoms with E-state index in [1.54, 1.807) is 20.8 Å². The third kappa shape index (κ3) is 11.7. The van der Waals surface area contributed by atoms with Gasteiger partial charge in [0.2, 0.25) is 0 Å². The fourth-order valence-corrected chi connectivity index (χ4v) is 1.28. The van der Waals surface area contributed by atoms with Crippen molar-refractivity contribution in [2.75, 3.05) is 13.2 Å². The summed E-state index contributed by atoms with van der Waals surface area (Å²) in [5.41, 5.74) is 0. The molecule has 0 heterocycles. The molecule has 1 atom stereocenters. The summed E-state index contributed by atoms with van der Waals surface area (Å²) in [6.45, 7) is 9.68. The maximum atomic E-state index is 11.5. The van der Waals surface area contributed by atoms with Gasteiger partial charge in [0, 0.05) is 18.7 Å². The van der Waals surface area contributed by atoms with Crippen LogP contribution >= 0.6 is 0 Å². The maximum absolute atomic E-state index is 11.5. The van der Waals surface area contributed by atoms with E-state index in [1.165, 1.54) is 0 Å². The van der Waals surface area contributed by atoms with Crippen LogP contribution in [0, 0.1) is 5.92 Å². The largest absolute Gasteiger partial charge is 0.460 e. The van der Waals surface area contributed by atoms with Gasteiger partial charge in [0.05, 0.1) is 12.1 Å². The third-order valence-corrected chi connectivity index (χ3v) is 2.23. The normalized spacial score (nSPS) is 12.3. The number of carbonyl (C=O) groups excluding carboxylic acids is 3. The summed E-state index contributed by atoms with van der Waals surface area (Å²) in [5.74, 6) is -0.919. The molecule has 0 aromatic rings. The molecular formula is C15H26N2O5. The minimum atomic E-state index is -0.669. The maximum Gasteiger partial charge on any atom is 0.331 e. The molecule has 0 aromatic carbocycles. The van der Waals surface area contributed by atoms with E-state index in [0.717, 1.165) is 12.2 Å². The van der Waals surface area contributed by atoms with E-state index in [-0.39, 0.29) is 24.8 Å². The quantitative estimate of drug-likeness (QED) is 0.521. The zero-order chi connectivity index (χ0) is 17.1. The Morgan fingerprint density at radius 2 is 1.59 bits per heavy atom. The molecule has 2 amide bonds. The molecule has 0 saturated carbocycles. The van der Waals surface area contributed by atoms with Crippen molar-refractivity contribution in [2.45, 2.75) is 46.8 Å². The second-order valence-electron chi connectivity index (χ2n) is 5.60. The summed E-state index contributed by atoms with van der Waals surface area (Å²) in [6.07, 6.45) is 1.76. The van der Waals surface area contributed by atoms with Gasteiger partial charge in [0.1, 0.15) is 6.61 Å². The van der Waals surface area contributed by atoms with Gasteiger partial charge in [0.25, 0.3) is 0 Å². The molecule has 0 aliphatic carbocycles. The number of nitrogens with one attached hydrogen (secondary N) is 2. The van der Waals surface area contributed by atoms with Crippen LogP contribution in [0.5, 0.6) is 0 Å². The number of esters is 2. The highest BCUT2D eigenvalue weighted by atomic mass is 16.5. The molecule has 0 radical (unpaired) electrons. The first kappa shape index (κ1) is 19.9. The van der Waals surface area contributed by atoms with Crippen molar-refractivity contribution in [2.24, 2.45) is 5.92 Å². The first-order valence-corrected chi connectivity index (χ1v) is 7.30. The molecule has 0 rings (SSSR count). The van der Waals surface area contributed by atoms with Crippen LogP contribution in [0.1, 0.15) is 34.6 Å². The number of amides is 2. The molecule has 0 aromatic heterocycles. The lowest BCUT2D eigenvalue weighted by Gasteiger charge is -2.15. The monoisotopic (exact) mass is 314 g/mol. The van der Waals surface area contributed by atoms with E-state index < -0.39 is 11.9 Å². The van der Waals surface area contributed by atoms with Crippen molar-refractivity contribution in [1.29, 1.82) is 0 Å². The fraction of sp³-hybridized carbons (Fsp3) is 0.667. The second-order valence-corrected chi connectivity index (χ2v) is 5.60. The molecule has 2 N–H and O–H groups in total. The minimum Gasteiger partial charge on any atom is -0.460 e. The average molecular weight is 314 g/mol. The lowest BCUT2D eigenvalue weighted by atomic mass is 10.2. The zero-order valence-corrected chi connectivity index (χ0v) is 13.8. The Morgan fingerprint density at radius 3 is 2.14 bits per heavy atom. The smallest absolute Gasteiger partial charge is 0.331 e. The van der Waals surface area contributed by atoms with Gasteiger partial charge in [-0.1, -0.05) is 13.8 Å². The molecule has 0 unspecified atom stereocenters. The van der Waals surface area contributed by atoms with Crippen LogP contribution in [0.3, 0.4) is 0 Å². The van der Waals surface area contributed by atoms with Crippen molar-refractivity contribution in [3.05, 3.63) is 12.2 Å². The Hall–Kier alpha value is -2.05. The molecule has 0 aliphatic rings. The van der Waals surface area contributed by atoms with Crippen LogP contribution < -0.4 is 10.6 Å². The van der Waals surface area contributed by atoms with Gasteiger partial charge in [-0.05, 0) is 26.7 Å². The molecule has 0 saturated heterocycles. The highest BCUT2D eigenvalue weighted by molar-refractivity contribution is 5.91. The Labute approximate surface area is 131 Å². The van der Waals surface area contributed by atoms with E-state index in [4.69, 9.17) is 9.47 Å². The Kier molecular flexibility index (Phi) is 9.65. The molecule has 126 valence electrons. The highest BCUT2D eigenvalue weighted by Crippen LogP contribution is 1.93. The van der Waals surface area contributed by atoms with Crippen molar-refractivity contribution in [3.8, 4) is 0 Å². The minimum absolute atomic E-state index is 0.0114. The van der Waals surface area contributed by atoms with Gasteiger partial charge in [-0.3, -0.25) is 0 Å². The van der Waals surface area contributed by atoms with Gasteiger partial charge in [-0.25, -0.2) is 14.4 Å². The molecule has 0 spiro atoms. The van der Waals surface area contributed by atoms with Crippen LogP contribution in [-0.2, 0) is 19.1 Å². The highest BCUT2D eigenvalue weighted by Gasteiger charge is 2.09. The van der Waals surface area contributed by atoms with Gasteiger partial charge >= 0.3 is 18.0 Å². The van der Waals surface area contributed by atoms with Crippen LogP contribution in [0.4, 0.5) is 4.79 Å². The molecule has 0 bridgehead atoms. The fourth-order valence-electron chi connectivity index (χ4n) is 1.28. The Balaban J connectivity index is 3.96. The van der Waals surface area contributed by atoms with Gasteiger partial charge in [-0.15, -0.1) is 0 Å². The van der Waals surface area contributed by atoms with Crippen LogP contribution in [0.2, 0.25) is 0 Å². The van der Waals surface area contributed by atoms with Crippen molar-refractivity contribution in [3.63, 3.8) is 0 Å². The first-order valence-electron chi connectivity index (χ1n) is 7.30. The van der Waals surface area contributed by atoms with Crippen LogP contribution in [-0.4, -0.2) is 43.3 Å². The zero-order valence-electron chi connectivity index (χ0n) is 13.8. The summed E-state index contributed by atoms with van der Waals surface area (Å²) < 4.78 is 9.74. The Bertz CT molecular complexity index is 405. The van der Waals surface area contributed by atoms with E-state index in [2.05, 4.69) is 10.6 Å². The summed E-state index contributed by atoms with van der Waals surface area (Å²) in [6, 6.07) is -0.652. The molecular weight excluding hydrogens is 288 g/mol. The SMILES string of the molecule is CC(C)CNC(=O)N[C@@H](C)COC(=O)/C=C/C(=O)OC(C)C. The molecule has 0 aliphatic heterocycles. The number of rotatable bonds is 8. The molecule has 7 nitrogen and oxygen atoms in total. The summed E-state index contributed by atoms with van der Waals surface area (Å²) in [7, 11) is 0. The van der Waals surface area contributed by atoms with Crippen molar-refractivity contribution in [1.82, 2.24) is 10.6 Å². The lowest BCUT2D eigenvalue weighted by molar-refractivity contribution is -0.143. The van der Waals surface area contributed by atoms with E-state index >= 15 is 0 Å². The second kappa shape index (κ2) is 10.6. The summed E-state index contributed by atoms with van der Waals surface area (Å²) in [4.78, 5) is 34.1. The predicted octanol–water partition coefficient (Wildman–Crippen LogP) is 1.38. The number of hydrogen-bond donors (Lipinski definition) is 2. The number of hydrogen-bond acceptors (Lipinski definition) is 5. The van der Waals surface area contributed by atoms with E-state index in [1.807, 2.05) is 13.8 Å². The van der Waals surface area contributed by atoms with Crippen molar-refractivity contribution >= 4 is 18.0 Å². The molecule has 22 heavy (non-hydrogen) atoms. The summed E-state index contributed by atoms with van der Waals surface area (Å²) >= 11 is 0. The topological polar surface area (TPSA) is 93.7 Å². The van der Waals surface area contributed by atoms with E-state index in [9.17, 15) is 14.4 Å². The Morgan fingerprint density at radius 1 is 1.00 bits per heavy atom. The lowest BCUT2D eigenvalue weighted by Crippen LogP contribution is -2.44.